The lowest BCUT2D eigenvalue weighted by molar-refractivity contribution is 0.121. The zero-order valence-corrected chi connectivity index (χ0v) is 14.8. The van der Waals surface area contributed by atoms with Gasteiger partial charge in [0, 0.05) is 33.3 Å². The van der Waals surface area contributed by atoms with E-state index in [0.717, 1.165) is 44.5 Å². The maximum absolute atomic E-state index is 5.70. The van der Waals surface area contributed by atoms with Gasteiger partial charge in [0.2, 0.25) is 0 Å². The lowest BCUT2D eigenvalue weighted by atomic mass is 10.0. The van der Waals surface area contributed by atoms with Crippen LogP contribution in [-0.4, -0.2) is 37.6 Å². The largest absolute Gasteiger partial charge is 0.377 e. The minimum atomic E-state index is 0.686. The van der Waals surface area contributed by atoms with Gasteiger partial charge in [0.05, 0.1) is 6.61 Å². The van der Waals surface area contributed by atoms with Crippen molar-refractivity contribution < 1.29 is 4.74 Å². The molecule has 1 fully saturated rings. The fraction of sp³-hybridized carbons (Fsp3) is 0.632. The molecule has 1 atom stereocenters. The molecule has 0 spiro atoms. The Hall–Kier alpha value is -1.55. The number of piperidine rings is 1. The number of ether oxygens (including phenoxy) is 1. The van der Waals surface area contributed by atoms with E-state index >= 15 is 0 Å². The van der Waals surface area contributed by atoms with Crippen LogP contribution in [0, 0.1) is 5.92 Å². The summed E-state index contributed by atoms with van der Waals surface area (Å²) in [6, 6.07) is 8.49. The second kappa shape index (κ2) is 9.56. The van der Waals surface area contributed by atoms with Gasteiger partial charge in [-0.2, -0.15) is 0 Å². The minimum absolute atomic E-state index is 0.686. The Kier molecular flexibility index (Phi) is 7.40. The second-order valence-electron chi connectivity index (χ2n) is 6.42. The molecule has 1 N–H and O–H groups in total. The Morgan fingerprint density at radius 1 is 1.35 bits per heavy atom. The average Bonchev–Trinajstić information content (AvgIpc) is 2.57. The van der Waals surface area contributed by atoms with Gasteiger partial charge in [-0.1, -0.05) is 38.1 Å². The van der Waals surface area contributed by atoms with E-state index in [2.05, 4.69) is 53.3 Å². The third kappa shape index (κ3) is 5.54. The predicted molar refractivity (Wildman–Crippen MR) is 96.6 cm³/mol. The fourth-order valence-electron chi connectivity index (χ4n) is 3.09. The SMILES string of the molecule is CCCOCc1ccccc1CNC(=NC)N1CCCC(C)C1. The van der Waals surface area contributed by atoms with Crippen molar-refractivity contribution in [2.75, 3.05) is 26.7 Å². The van der Waals surface area contributed by atoms with Gasteiger partial charge in [0.1, 0.15) is 0 Å². The Morgan fingerprint density at radius 2 is 2.13 bits per heavy atom. The Balaban J connectivity index is 1.93. The highest BCUT2D eigenvalue weighted by Crippen LogP contribution is 2.16. The van der Waals surface area contributed by atoms with Crippen molar-refractivity contribution in [2.45, 2.75) is 46.3 Å². The molecule has 1 unspecified atom stereocenters. The number of benzene rings is 1. The van der Waals surface area contributed by atoms with Gasteiger partial charge in [-0.05, 0) is 36.3 Å². The van der Waals surface area contributed by atoms with E-state index < -0.39 is 0 Å². The van der Waals surface area contributed by atoms with Crippen molar-refractivity contribution in [3.05, 3.63) is 35.4 Å². The van der Waals surface area contributed by atoms with Crippen LogP contribution in [0.4, 0.5) is 0 Å². The number of nitrogens with one attached hydrogen (secondary N) is 1. The summed E-state index contributed by atoms with van der Waals surface area (Å²) >= 11 is 0. The van der Waals surface area contributed by atoms with E-state index in [1.807, 2.05) is 7.05 Å². The van der Waals surface area contributed by atoms with Crippen LogP contribution in [0.3, 0.4) is 0 Å². The zero-order valence-electron chi connectivity index (χ0n) is 14.8. The smallest absolute Gasteiger partial charge is 0.193 e. The van der Waals surface area contributed by atoms with Gasteiger partial charge in [0.25, 0.3) is 0 Å². The fourth-order valence-corrected chi connectivity index (χ4v) is 3.09. The summed E-state index contributed by atoms with van der Waals surface area (Å²) in [6.45, 7) is 8.95. The van der Waals surface area contributed by atoms with Crippen LogP contribution < -0.4 is 5.32 Å². The van der Waals surface area contributed by atoms with Crippen LogP contribution in [0.2, 0.25) is 0 Å². The normalized spacial score (nSPS) is 19.0. The molecule has 0 saturated carbocycles. The van der Waals surface area contributed by atoms with Crippen LogP contribution in [0.25, 0.3) is 0 Å². The lowest BCUT2D eigenvalue weighted by Gasteiger charge is -2.33. The van der Waals surface area contributed by atoms with Gasteiger partial charge >= 0.3 is 0 Å². The number of hydrogen-bond acceptors (Lipinski definition) is 2. The Bertz CT molecular complexity index is 501. The maximum Gasteiger partial charge on any atom is 0.193 e. The number of guanidine groups is 1. The number of hydrogen-bond donors (Lipinski definition) is 1. The molecule has 1 saturated heterocycles. The monoisotopic (exact) mass is 317 g/mol. The van der Waals surface area contributed by atoms with Crippen molar-refractivity contribution in [2.24, 2.45) is 10.9 Å². The molecule has 2 rings (SSSR count). The molecule has 1 aromatic carbocycles. The maximum atomic E-state index is 5.70. The molecule has 0 amide bonds. The van der Waals surface area contributed by atoms with Crippen LogP contribution in [0.5, 0.6) is 0 Å². The van der Waals surface area contributed by atoms with E-state index in [0.29, 0.717) is 6.61 Å². The topological polar surface area (TPSA) is 36.9 Å². The molecule has 0 aliphatic carbocycles. The van der Waals surface area contributed by atoms with Gasteiger partial charge in [0.15, 0.2) is 5.96 Å². The van der Waals surface area contributed by atoms with Crippen LogP contribution >= 0.6 is 0 Å². The van der Waals surface area contributed by atoms with E-state index in [-0.39, 0.29) is 0 Å². The molecule has 128 valence electrons. The van der Waals surface area contributed by atoms with Crippen LogP contribution in [-0.2, 0) is 17.9 Å². The first-order valence-corrected chi connectivity index (χ1v) is 8.84. The highest BCUT2D eigenvalue weighted by molar-refractivity contribution is 5.80. The highest BCUT2D eigenvalue weighted by atomic mass is 16.5. The van der Waals surface area contributed by atoms with Gasteiger partial charge in [-0.15, -0.1) is 0 Å². The second-order valence-corrected chi connectivity index (χ2v) is 6.42. The minimum Gasteiger partial charge on any atom is -0.377 e. The number of likely N-dealkylation sites (tertiary alicyclic amines) is 1. The first-order valence-electron chi connectivity index (χ1n) is 8.84. The number of rotatable bonds is 6. The van der Waals surface area contributed by atoms with Crippen molar-refractivity contribution in [1.82, 2.24) is 10.2 Å². The molecule has 1 aromatic rings. The van der Waals surface area contributed by atoms with Gasteiger partial charge in [-0.3, -0.25) is 4.99 Å². The molecule has 0 aromatic heterocycles. The highest BCUT2D eigenvalue weighted by Gasteiger charge is 2.19. The molecule has 4 nitrogen and oxygen atoms in total. The molecular formula is C19H31N3O. The number of aliphatic imine (C=N–C) groups is 1. The summed E-state index contributed by atoms with van der Waals surface area (Å²) in [6.07, 6.45) is 3.63. The van der Waals surface area contributed by atoms with Gasteiger partial charge in [-0.25, -0.2) is 0 Å². The number of nitrogens with zero attached hydrogens (tertiary/aromatic N) is 2. The third-order valence-electron chi connectivity index (χ3n) is 4.33. The van der Waals surface area contributed by atoms with Crippen LogP contribution in [0.15, 0.2) is 29.3 Å². The Morgan fingerprint density at radius 3 is 2.83 bits per heavy atom. The van der Waals surface area contributed by atoms with E-state index in [9.17, 15) is 0 Å². The van der Waals surface area contributed by atoms with Crippen molar-refractivity contribution in [3.63, 3.8) is 0 Å². The van der Waals surface area contributed by atoms with Crippen molar-refractivity contribution in [1.29, 1.82) is 0 Å². The molecule has 23 heavy (non-hydrogen) atoms. The van der Waals surface area contributed by atoms with Crippen molar-refractivity contribution in [3.8, 4) is 0 Å². The van der Waals surface area contributed by atoms with E-state index in [1.165, 1.54) is 24.0 Å². The average molecular weight is 317 g/mol. The summed E-state index contributed by atoms with van der Waals surface area (Å²) in [5, 5.41) is 3.53. The summed E-state index contributed by atoms with van der Waals surface area (Å²) in [7, 11) is 1.87. The van der Waals surface area contributed by atoms with Gasteiger partial charge < -0.3 is 15.0 Å². The first kappa shape index (κ1) is 17.8. The molecule has 0 bridgehead atoms. The summed E-state index contributed by atoms with van der Waals surface area (Å²) < 4.78 is 5.70. The Labute approximate surface area is 140 Å². The standard InChI is InChI=1S/C19H31N3O/c1-4-12-23-15-18-10-6-5-9-17(18)13-21-19(20-3)22-11-7-8-16(2)14-22/h5-6,9-10,16H,4,7-8,11-15H2,1-3H3,(H,20,21). The first-order chi connectivity index (χ1) is 11.2. The van der Waals surface area contributed by atoms with E-state index in [4.69, 9.17) is 4.74 Å². The molecule has 1 aliphatic rings. The predicted octanol–water partition coefficient (Wildman–Crippen LogP) is 3.42. The molecule has 1 heterocycles. The quantitative estimate of drug-likeness (QED) is 0.496. The third-order valence-corrected chi connectivity index (χ3v) is 4.33. The van der Waals surface area contributed by atoms with Crippen LogP contribution in [0.1, 0.15) is 44.2 Å². The molecular weight excluding hydrogens is 286 g/mol. The lowest BCUT2D eigenvalue weighted by Crippen LogP contribution is -2.45. The summed E-state index contributed by atoms with van der Waals surface area (Å²) in [5.41, 5.74) is 2.55. The summed E-state index contributed by atoms with van der Waals surface area (Å²) in [5.74, 6) is 1.76. The molecule has 1 aliphatic heterocycles. The van der Waals surface area contributed by atoms with Crippen molar-refractivity contribution >= 4 is 5.96 Å². The zero-order chi connectivity index (χ0) is 16.5. The summed E-state index contributed by atoms with van der Waals surface area (Å²) in [4.78, 5) is 6.85. The van der Waals surface area contributed by atoms with E-state index in [1.54, 1.807) is 0 Å². The molecule has 4 heteroatoms. The molecule has 0 radical (unpaired) electrons.